The molecule has 0 heterocycles. The minimum absolute atomic E-state index is 0.0677. The van der Waals surface area contributed by atoms with Gasteiger partial charge in [-0.2, -0.15) is 4.39 Å². The van der Waals surface area contributed by atoms with Crippen LogP contribution in [0.5, 0.6) is 17.2 Å². The Morgan fingerprint density at radius 3 is 2.60 bits per heavy atom. The van der Waals surface area contributed by atoms with Gasteiger partial charge in [0.25, 0.3) is 0 Å². The van der Waals surface area contributed by atoms with E-state index >= 15 is 0 Å². The summed E-state index contributed by atoms with van der Waals surface area (Å²) in [5.74, 6) is -2.93. The topological polar surface area (TPSA) is 72.6 Å². The lowest BCUT2D eigenvalue weighted by molar-refractivity contribution is -0.388. The second kappa shape index (κ2) is 5.12. The number of phenols is 1. The van der Waals surface area contributed by atoms with Crippen LogP contribution in [0.2, 0.25) is 0 Å². The minimum atomic E-state index is -1.33. The molecule has 0 atom stereocenters. The van der Waals surface area contributed by atoms with Crippen molar-refractivity contribution in [1.29, 1.82) is 0 Å². The van der Waals surface area contributed by atoms with Crippen LogP contribution in [0.25, 0.3) is 0 Å². The molecule has 2 aromatic carbocycles. The van der Waals surface area contributed by atoms with E-state index in [0.717, 1.165) is 0 Å². The van der Waals surface area contributed by atoms with Gasteiger partial charge in [-0.1, -0.05) is 6.07 Å². The van der Waals surface area contributed by atoms with E-state index in [4.69, 9.17) is 4.74 Å². The van der Waals surface area contributed by atoms with Crippen LogP contribution in [0.15, 0.2) is 30.3 Å². The molecule has 2 aromatic rings. The number of hydrogen-bond donors (Lipinski definition) is 1. The Bertz CT molecular complexity index is 688. The van der Waals surface area contributed by atoms with Crippen LogP contribution in [-0.2, 0) is 0 Å². The predicted molar refractivity (Wildman–Crippen MR) is 65.9 cm³/mol. The Balaban J connectivity index is 2.53. The molecular weight excluding hydrogens is 272 g/mol. The first-order valence-corrected chi connectivity index (χ1v) is 5.50. The third-order valence-electron chi connectivity index (χ3n) is 2.65. The molecule has 0 spiro atoms. The zero-order valence-electron chi connectivity index (χ0n) is 10.3. The van der Waals surface area contributed by atoms with Crippen molar-refractivity contribution in [2.24, 2.45) is 0 Å². The maximum Gasteiger partial charge on any atom is 0.347 e. The molecule has 0 aliphatic heterocycles. The van der Waals surface area contributed by atoms with Crippen LogP contribution >= 0.6 is 0 Å². The highest BCUT2D eigenvalue weighted by Crippen LogP contribution is 2.37. The van der Waals surface area contributed by atoms with Gasteiger partial charge in [0.1, 0.15) is 17.3 Å². The van der Waals surface area contributed by atoms with Crippen LogP contribution in [0.4, 0.5) is 14.5 Å². The first-order valence-electron chi connectivity index (χ1n) is 5.50. The molecule has 7 heteroatoms. The van der Waals surface area contributed by atoms with E-state index in [1.807, 2.05) is 0 Å². The van der Waals surface area contributed by atoms with Crippen molar-refractivity contribution < 1.29 is 23.5 Å². The molecule has 0 saturated carbocycles. The van der Waals surface area contributed by atoms with Gasteiger partial charge < -0.3 is 9.84 Å². The fraction of sp³-hybridized carbons (Fsp3) is 0.0769. The second-order valence-electron chi connectivity index (χ2n) is 3.99. The van der Waals surface area contributed by atoms with Crippen LogP contribution in [0, 0.1) is 28.7 Å². The monoisotopic (exact) mass is 281 g/mol. The number of hydrogen-bond acceptors (Lipinski definition) is 4. The average molecular weight is 281 g/mol. The summed E-state index contributed by atoms with van der Waals surface area (Å²) < 4.78 is 31.8. The van der Waals surface area contributed by atoms with E-state index in [0.29, 0.717) is 17.7 Å². The quantitative estimate of drug-likeness (QED) is 0.688. The molecule has 0 bridgehead atoms. The van der Waals surface area contributed by atoms with Crippen molar-refractivity contribution in [2.75, 3.05) is 0 Å². The molecule has 0 fully saturated rings. The molecule has 0 unspecified atom stereocenters. The van der Waals surface area contributed by atoms with Crippen molar-refractivity contribution >= 4 is 5.69 Å². The normalized spacial score (nSPS) is 10.3. The maximum absolute atomic E-state index is 13.4. The van der Waals surface area contributed by atoms with Crippen molar-refractivity contribution in [1.82, 2.24) is 0 Å². The lowest BCUT2D eigenvalue weighted by Crippen LogP contribution is -1.99. The third-order valence-corrected chi connectivity index (χ3v) is 2.65. The van der Waals surface area contributed by atoms with Crippen molar-refractivity contribution in [3.63, 3.8) is 0 Å². The SMILES string of the molecule is Cc1c(O)cccc1Oc1cc(F)cc(F)c1[N+](=O)[O-]. The van der Waals surface area contributed by atoms with Gasteiger partial charge in [0, 0.05) is 17.7 Å². The number of ether oxygens (including phenoxy) is 1. The summed E-state index contributed by atoms with van der Waals surface area (Å²) in [7, 11) is 0. The first kappa shape index (κ1) is 13.7. The van der Waals surface area contributed by atoms with Crippen LogP contribution in [0.1, 0.15) is 5.56 Å². The van der Waals surface area contributed by atoms with Crippen LogP contribution in [-0.4, -0.2) is 10.0 Å². The van der Waals surface area contributed by atoms with Gasteiger partial charge in [0.2, 0.25) is 11.6 Å². The summed E-state index contributed by atoms with van der Waals surface area (Å²) in [5, 5.41) is 20.3. The van der Waals surface area contributed by atoms with E-state index in [1.54, 1.807) is 0 Å². The van der Waals surface area contributed by atoms with Gasteiger partial charge in [-0.25, -0.2) is 4.39 Å². The predicted octanol–water partition coefficient (Wildman–Crippen LogP) is 3.68. The number of aromatic hydroxyl groups is 1. The molecule has 1 N–H and O–H groups in total. The van der Waals surface area contributed by atoms with E-state index in [1.165, 1.54) is 25.1 Å². The molecule has 0 amide bonds. The summed E-state index contributed by atoms with van der Waals surface area (Å²) in [4.78, 5) is 9.81. The number of halogens is 2. The summed E-state index contributed by atoms with van der Waals surface area (Å²) in [6.45, 7) is 1.51. The van der Waals surface area contributed by atoms with Gasteiger partial charge in [-0.05, 0) is 19.1 Å². The van der Waals surface area contributed by atoms with Crippen molar-refractivity contribution in [3.8, 4) is 17.2 Å². The van der Waals surface area contributed by atoms with Gasteiger partial charge in [-0.15, -0.1) is 0 Å². The number of rotatable bonds is 3. The molecule has 0 aliphatic carbocycles. The summed E-state index contributed by atoms with van der Waals surface area (Å²) >= 11 is 0. The Morgan fingerprint density at radius 2 is 1.95 bits per heavy atom. The molecule has 0 aliphatic rings. The third kappa shape index (κ3) is 2.51. The van der Waals surface area contributed by atoms with E-state index in [-0.39, 0.29) is 11.5 Å². The van der Waals surface area contributed by atoms with Crippen molar-refractivity contribution in [2.45, 2.75) is 6.92 Å². The average Bonchev–Trinajstić information content (AvgIpc) is 2.33. The minimum Gasteiger partial charge on any atom is -0.508 e. The highest BCUT2D eigenvalue weighted by atomic mass is 19.1. The molecule has 104 valence electrons. The van der Waals surface area contributed by atoms with E-state index in [9.17, 15) is 24.0 Å². The Labute approximate surface area is 112 Å². The summed E-state index contributed by atoms with van der Waals surface area (Å²) in [6.07, 6.45) is 0. The molecule has 20 heavy (non-hydrogen) atoms. The maximum atomic E-state index is 13.4. The fourth-order valence-electron chi connectivity index (χ4n) is 1.63. The zero-order valence-corrected chi connectivity index (χ0v) is 10.3. The standard InChI is InChI=1S/C13H9F2NO4/c1-7-10(17)3-2-4-11(7)20-12-6-8(14)5-9(15)13(12)16(18)19/h2-6,17H,1H3. The lowest BCUT2D eigenvalue weighted by Gasteiger charge is -2.10. The molecule has 2 rings (SSSR count). The summed E-state index contributed by atoms with van der Waals surface area (Å²) in [5.41, 5.74) is -0.666. The number of phenolic OH excluding ortho intramolecular Hbond substituents is 1. The summed E-state index contributed by atoms with van der Waals surface area (Å²) in [6, 6.07) is 5.37. The van der Waals surface area contributed by atoms with Gasteiger partial charge in [-0.3, -0.25) is 10.1 Å². The molecule has 0 aromatic heterocycles. The van der Waals surface area contributed by atoms with Gasteiger partial charge in [0.15, 0.2) is 0 Å². The highest BCUT2D eigenvalue weighted by molar-refractivity contribution is 5.52. The number of benzene rings is 2. The molecule has 5 nitrogen and oxygen atoms in total. The second-order valence-corrected chi connectivity index (χ2v) is 3.99. The van der Waals surface area contributed by atoms with E-state index < -0.39 is 28.0 Å². The first-order chi connectivity index (χ1) is 9.40. The van der Waals surface area contributed by atoms with Gasteiger partial charge in [0.05, 0.1) is 4.92 Å². The molecule has 0 saturated heterocycles. The Kier molecular flexibility index (Phi) is 3.51. The van der Waals surface area contributed by atoms with E-state index in [2.05, 4.69) is 0 Å². The number of nitro groups is 1. The Hall–Kier alpha value is -2.70. The molecule has 0 radical (unpaired) electrons. The smallest absolute Gasteiger partial charge is 0.347 e. The Morgan fingerprint density at radius 1 is 1.25 bits per heavy atom. The zero-order chi connectivity index (χ0) is 14.9. The number of nitro benzene ring substituents is 1. The highest BCUT2D eigenvalue weighted by Gasteiger charge is 2.24. The van der Waals surface area contributed by atoms with Gasteiger partial charge >= 0.3 is 5.69 Å². The van der Waals surface area contributed by atoms with Crippen molar-refractivity contribution in [3.05, 3.63) is 57.6 Å². The lowest BCUT2D eigenvalue weighted by atomic mass is 10.2. The van der Waals surface area contributed by atoms with Crippen LogP contribution in [0.3, 0.4) is 0 Å². The fourth-order valence-corrected chi connectivity index (χ4v) is 1.63. The molecular formula is C13H9F2NO4. The van der Waals surface area contributed by atoms with Crippen LogP contribution < -0.4 is 4.74 Å². The number of nitrogens with zero attached hydrogens (tertiary/aromatic N) is 1. The largest absolute Gasteiger partial charge is 0.508 e.